The van der Waals surface area contributed by atoms with E-state index in [0.29, 0.717) is 0 Å². The van der Waals surface area contributed by atoms with Crippen LogP contribution in [0, 0.1) is 0 Å². The molecule has 2 aliphatic carbocycles. The third kappa shape index (κ3) is 10.6. The number of nitrogens with one attached hydrogen (secondary N) is 2. The van der Waals surface area contributed by atoms with E-state index in [1.54, 1.807) is 0 Å². The van der Waals surface area contributed by atoms with Crippen molar-refractivity contribution in [2.24, 2.45) is 0 Å². The van der Waals surface area contributed by atoms with Crippen molar-refractivity contribution in [2.45, 2.75) is 185 Å². The van der Waals surface area contributed by atoms with Crippen LogP contribution in [0.15, 0.2) is 23.3 Å². The molecule has 0 aromatic carbocycles. The second-order valence-corrected chi connectivity index (χ2v) is 17.2. The van der Waals surface area contributed by atoms with Crippen molar-refractivity contribution in [1.82, 2.24) is 10.6 Å². The molecule has 376 valence electrons. The summed E-state index contributed by atoms with van der Waals surface area (Å²) in [5.74, 6) is 0. The molecule has 27 nitrogen and oxygen atoms in total. The first-order valence-corrected chi connectivity index (χ1v) is 21.2. The molecule has 4 heterocycles. The number of hydrogen-bond donors (Lipinski definition) is 20. The summed E-state index contributed by atoms with van der Waals surface area (Å²) < 4.78 is 39.4. The first kappa shape index (κ1) is 52.8. The average Bonchev–Trinajstić information content (AvgIpc) is 3.28. The fraction of sp³-hybridized carbons (Fsp3) is 0.895. The first-order valence-electron chi connectivity index (χ1n) is 21.2. The summed E-state index contributed by atoms with van der Waals surface area (Å²) in [5.41, 5.74) is -0.112. The van der Waals surface area contributed by atoms with Gasteiger partial charge in [-0.3, -0.25) is 0 Å². The smallest absolute Gasteiger partial charge is 0.187 e. The summed E-state index contributed by atoms with van der Waals surface area (Å²) in [7, 11) is 0. The summed E-state index contributed by atoms with van der Waals surface area (Å²) in [6.07, 6.45) is -37.9. The van der Waals surface area contributed by atoms with Crippen LogP contribution in [-0.4, -0.2) is 290 Å². The molecule has 6 aliphatic rings. The highest BCUT2D eigenvalue weighted by Gasteiger charge is 2.54. The van der Waals surface area contributed by atoms with Crippen molar-refractivity contribution < 1.29 is 125 Å². The van der Waals surface area contributed by atoms with Crippen LogP contribution in [-0.2, 0) is 33.2 Å². The molecule has 0 spiro atoms. The van der Waals surface area contributed by atoms with E-state index < -0.39 is 198 Å². The van der Waals surface area contributed by atoms with Gasteiger partial charge in [-0.15, -0.1) is 0 Å². The third-order valence-electron chi connectivity index (χ3n) is 13.0. The van der Waals surface area contributed by atoms with E-state index in [1.165, 1.54) is 26.0 Å². The Hall–Kier alpha value is -1.60. The molecule has 0 aromatic rings. The maximum atomic E-state index is 11.3. The van der Waals surface area contributed by atoms with Gasteiger partial charge >= 0.3 is 0 Å². The number of ether oxygens (including phenoxy) is 7. The van der Waals surface area contributed by atoms with Gasteiger partial charge in [-0.25, -0.2) is 0 Å². The van der Waals surface area contributed by atoms with Crippen LogP contribution >= 0.6 is 0 Å². The van der Waals surface area contributed by atoms with E-state index in [4.69, 9.17) is 33.2 Å². The van der Waals surface area contributed by atoms with E-state index >= 15 is 0 Å². The van der Waals surface area contributed by atoms with Gasteiger partial charge in [-0.2, -0.15) is 0 Å². The van der Waals surface area contributed by atoms with Gasteiger partial charge in [-0.1, -0.05) is 12.2 Å². The average molecular weight is 949 g/mol. The van der Waals surface area contributed by atoms with E-state index in [0.717, 1.165) is 0 Å². The highest BCUT2D eigenvalue weighted by atomic mass is 16.7. The minimum absolute atomic E-state index is 0.00712. The number of hydrogen-bond acceptors (Lipinski definition) is 27. The molecule has 65 heavy (non-hydrogen) atoms. The lowest BCUT2D eigenvalue weighted by Gasteiger charge is -2.48. The monoisotopic (exact) mass is 948 g/mol. The number of rotatable bonds is 14. The van der Waals surface area contributed by atoms with Crippen LogP contribution in [0.4, 0.5) is 0 Å². The Morgan fingerprint density at radius 1 is 0.446 bits per heavy atom. The van der Waals surface area contributed by atoms with Crippen LogP contribution < -0.4 is 10.6 Å². The molecule has 28 unspecified atom stereocenters. The summed E-state index contributed by atoms with van der Waals surface area (Å²) in [6.45, 7) is -0.264. The minimum atomic E-state index is -2.03. The molecule has 4 aliphatic heterocycles. The van der Waals surface area contributed by atoms with Crippen molar-refractivity contribution in [3.05, 3.63) is 23.3 Å². The lowest BCUT2D eigenvalue weighted by molar-refractivity contribution is -0.357. The van der Waals surface area contributed by atoms with Crippen molar-refractivity contribution >= 4 is 0 Å². The molecule has 0 saturated carbocycles. The molecule has 20 N–H and O–H groups in total. The molecule has 6 rings (SSSR count). The Kier molecular flexibility index (Phi) is 17.9. The lowest BCUT2D eigenvalue weighted by Crippen LogP contribution is -2.68. The van der Waals surface area contributed by atoms with Gasteiger partial charge in [0.15, 0.2) is 25.2 Å². The molecular formula is C38H64N2O25. The standard InChI is InChI=1S/C38H64N2O25/c1-9-17(39-13-3-11(5-41)19(45)24(50)20(13)46)22(48)30(56)37(60-9)65-34-16(8-44)62-38(31(57)27(34)53)63-32-12(6-42)4-14(21(47)25(32)51)40-18-10(2)59-36(29(55)23(18)49)64-33-15(7-43)61-35(58)28(54)26(33)52/h3-4,9-10,13-58H,5-8H2,1-2H3. The quantitative estimate of drug-likeness (QED) is 0.0719. The summed E-state index contributed by atoms with van der Waals surface area (Å²) >= 11 is 0. The van der Waals surface area contributed by atoms with Crippen molar-refractivity contribution in [3.8, 4) is 0 Å². The Balaban J connectivity index is 1.07. The molecule has 0 bridgehead atoms. The van der Waals surface area contributed by atoms with Gasteiger partial charge in [0.2, 0.25) is 0 Å². The van der Waals surface area contributed by atoms with Crippen LogP contribution in [0.5, 0.6) is 0 Å². The van der Waals surface area contributed by atoms with Crippen molar-refractivity contribution in [3.63, 3.8) is 0 Å². The predicted molar refractivity (Wildman–Crippen MR) is 207 cm³/mol. The summed E-state index contributed by atoms with van der Waals surface area (Å²) in [6, 6.07) is -4.78. The normalized spacial score (nSPS) is 52.2. The fourth-order valence-corrected chi connectivity index (χ4v) is 9.05. The molecule has 0 amide bonds. The van der Waals surface area contributed by atoms with E-state index in [1.807, 2.05) is 0 Å². The maximum absolute atomic E-state index is 11.3. The van der Waals surface area contributed by atoms with Gasteiger partial charge in [0.1, 0.15) is 110 Å². The zero-order valence-corrected chi connectivity index (χ0v) is 35.1. The van der Waals surface area contributed by atoms with Crippen LogP contribution in [0.2, 0.25) is 0 Å². The molecule has 0 radical (unpaired) electrons. The highest BCUT2D eigenvalue weighted by molar-refractivity contribution is 5.24. The molecule has 27 heteroatoms. The molecule has 4 fully saturated rings. The van der Waals surface area contributed by atoms with Crippen LogP contribution in [0.3, 0.4) is 0 Å². The molecular weight excluding hydrogens is 884 g/mol. The molecule has 28 atom stereocenters. The first-order chi connectivity index (χ1) is 30.7. The molecule has 0 aromatic heterocycles. The van der Waals surface area contributed by atoms with Crippen LogP contribution in [0.25, 0.3) is 0 Å². The second kappa shape index (κ2) is 22.0. The van der Waals surface area contributed by atoms with Gasteiger partial charge in [0.25, 0.3) is 0 Å². The zero-order chi connectivity index (χ0) is 47.9. The third-order valence-corrected chi connectivity index (χ3v) is 13.0. The Morgan fingerprint density at radius 3 is 1.34 bits per heavy atom. The maximum Gasteiger partial charge on any atom is 0.187 e. The van der Waals surface area contributed by atoms with Gasteiger partial charge in [-0.05, 0) is 25.0 Å². The van der Waals surface area contributed by atoms with Gasteiger partial charge < -0.3 is 136 Å². The summed E-state index contributed by atoms with van der Waals surface area (Å²) in [4.78, 5) is 0. The number of aliphatic hydroxyl groups is 18. The SMILES string of the molecule is CC1OC(OC2C(CO)OC(O)C(O)C2O)C(O)C(O)C1NC1C=C(CO)C(OC2OC(CO)C(OC3OC(C)C(NC4C=C(CO)C(O)C(O)C4O)C(O)C3O)C(O)C2O)C(O)C1O. The molecule has 4 saturated heterocycles. The second-order valence-electron chi connectivity index (χ2n) is 17.2. The van der Waals surface area contributed by atoms with Crippen molar-refractivity contribution in [1.29, 1.82) is 0 Å². The van der Waals surface area contributed by atoms with Crippen molar-refractivity contribution in [2.75, 3.05) is 26.4 Å². The lowest BCUT2D eigenvalue weighted by atomic mass is 9.86. The fourth-order valence-electron chi connectivity index (χ4n) is 9.05. The number of aliphatic hydroxyl groups excluding tert-OH is 18. The van der Waals surface area contributed by atoms with Gasteiger partial charge in [0.05, 0.1) is 62.8 Å². The van der Waals surface area contributed by atoms with Crippen LogP contribution in [0.1, 0.15) is 13.8 Å². The highest BCUT2D eigenvalue weighted by Crippen LogP contribution is 2.35. The minimum Gasteiger partial charge on any atom is -0.394 e. The topological polar surface area (TPSA) is 453 Å². The van der Waals surface area contributed by atoms with Gasteiger partial charge in [0, 0.05) is 0 Å². The van der Waals surface area contributed by atoms with E-state index in [-0.39, 0.29) is 11.1 Å². The summed E-state index contributed by atoms with van der Waals surface area (Å²) in [5, 5.41) is 196. The predicted octanol–water partition coefficient (Wildman–Crippen LogP) is -11.7. The Labute approximate surface area is 370 Å². The largest absolute Gasteiger partial charge is 0.394 e. The van der Waals surface area contributed by atoms with E-state index in [2.05, 4.69) is 10.6 Å². The Morgan fingerprint density at radius 2 is 0.862 bits per heavy atom. The Bertz CT molecular complexity index is 1600. The van der Waals surface area contributed by atoms with E-state index in [9.17, 15) is 91.9 Å². The zero-order valence-electron chi connectivity index (χ0n) is 35.1.